The van der Waals surface area contributed by atoms with Crippen LogP contribution in [0.1, 0.15) is 18.4 Å². The predicted molar refractivity (Wildman–Crippen MR) is 86.0 cm³/mol. The molecule has 24 heavy (non-hydrogen) atoms. The number of aromatic nitrogens is 2. The van der Waals surface area contributed by atoms with Crippen molar-refractivity contribution in [2.75, 3.05) is 14.2 Å². The number of methoxy groups -OCH3 is 2. The third kappa shape index (κ3) is 4.98. The maximum Gasteiger partial charge on any atom is 0.413 e. The van der Waals surface area contributed by atoms with Crippen molar-refractivity contribution in [3.05, 3.63) is 35.7 Å². The first-order valence-corrected chi connectivity index (χ1v) is 7.90. The van der Waals surface area contributed by atoms with Gasteiger partial charge < -0.3 is 13.9 Å². The van der Waals surface area contributed by atoms with Gasteiger partial charge in [-0.25, -0.2) is 4.79 Å². The smallest absolute Gasteiger partial charge is 0.413 e. The van der Waals surface area contributed by atoms with E-state index in [4.69, 9.17) is 9.15 Å². The maximum absolute atomic E-state index is 11.7. The van der Waals surface area contributed by atoms with E-state index in [9.17, 15) is 9.59 Å². The first-order chi connectivity index (χ1) is 11.5. The van der Waals surface area contributed by atoms with Gasteiger partial charge in [0, 0.05) is 0 Å². The molecule has 1 aromatic heterocycles. The molecule has 8 nitrogen and oxygen atoms in total. The molecule has 0 saturated heterocycles. The number of nitrogens with zero attached hydrogens (tertiary/aromatic N) is 2. The molecule has 0 fully saturated rings. The van der Waals surface area contributed by atoms with Gasteiger partial charge in [0.25, 0.3) is 5.22 Å². The molecule has 1 atom stereocenters. The number of benzene rings is 1. The lowest BCUT2D eigenvalue weighted by atomic mass is 10.1. The van der Waals surface area contributed by atoms with Crippen LogP contribution in [0.5, 0.6) is 5.75 Å². The number of hydrogen-bond donors (Lipinski definition) is 1. The Morgan fingerprint density at radius 1 is 1.25 bits per heavy atom. The fourth-order valence-electron chi connectivity index (χ4n) is 1.73. The fourth-order valence-corrected chi connectivity index (χ4v) is 2.43. The molecule has 2 aromatic rings. The van der Waals surface area contributed by atoms with E-state index >= 15 is 0 Å². The Morgan fingerprint density at radius 2 is 1.96 bits per heavy atom. The summed E-state index contributed by atoms with van der Waals surface area (Å²) in [5.41, 5.74) is 0.993. The van der Waals surface area contributed by atoms with Gasteiger partial charge in [-0.1, -0.05) is 23.9 Å². The predicted octanol–water partition coefficient (Wildman–Crippen LogP) is 2.03. The molecular weight excluding hydrogens is 334 g/mol. The van der Waals surface area contributed by atoms with Crippen LogP contribution >= 0.6 is 11.8 Å². The van der Waals surface area contributed by atoms with Crippen molar-refractivity contribution in [3.63, 3.8) is 0 Å². The Morgan fingerprint density at radius 3 is 2.58 bits per heavy atom. The van der Waals surface area contributed by atoms with E-state index in [2.05, 4.69) is 20.3 Å². The Labute approximate surface area is 142 Å². The second kappa shape index (κ2) is 8.34. The number of amides is 2. The average Bonchev–Trinajstić information content (AvgIpc) is 3.02. The average molecular weight is 351 g/mol. The fraction of sp³-hybridized carbons (Fsp3) is 0.333. The minimum Gasteiger partial charge on any atom is -0.497 e. The molecule has 2 rings (SSSR count). The van der Waals surface area contributed by atoms with Crippen LogP contribution in [0, 0.1) is 0 Å². The van der Waals surface area contributed by atoms with Gasteiger partial charge >= 0.3 is 6.09 Å². The van der Waals surface area contributed by atoms with Crippen molar-refractivity contribution in [1.82, 2.24) is 15.5 Å². The number of nitrogens with one attached hydrogen (secondary N) is 1. The standard InChI is InChI=1S/C15H17N3O5S/c1-9(13(19)16-14(20)22-3)24-15-18-17-12(23-15)8-10-4-6-11(21-2)7-5-10/h4-7,9H,8H2,1-3H3,(H,16,19,20)/t9-/m0/s1. The Balaban J connectivity index is 1.92. The summed E-state index contributed by atoms with van der Waals surface area (Å²) >= 11 is 1.06. The summed E-state index contributed by atoms with van der Waals surface area (Å²) in [6.45, 7) is 1.62. The number of thioether (sulfide) groups is 1. The SMILES string of the molecule is COC(=O)NC(=O)[C@H](C)Sc1nnc(Cc2ccc(OC)cc2)o1. The van der Waals surface area contributed by atoms with E-state index in [1.807, 2.05) is 24.3 Å². The van der Waals surface area contributed by atoms with Gasteiger partial charge in [0.2, 0.25) is 11.8 Å². The lowest BCUT2D eigenvalue weighted by molar-refractivity contribution is -0.119. The van der Waals surface area contributed by atoms with Gasteiger partial charge in [-0.15, -0.1) is 10.2 Å². The largest absolute Gasteiger partial charge is 0.497 e. The highest BCUT2D eigenvalue weighted by atomic mass is 32.2. The highest BCUT2D eigenvalue weighted by Crippen LogP contribution is 2.23. The van der Waals surface area contributed by atoms with Crippen molar-refractivity contribution < 1.29 is 23.5 Å². The second-order valence-corrected chi connectivity index (χ2v) is 6.02. The molecule has 0 aliphatic rings. The number of carbonyl (C=O) groups excluding carboxylic acids is 2. The first-order valence-electron chi connectivity index (χ1n) is 7.02. The number of carbonyl (C=O) groups is 2. The van der Waals surface area contributed by atoms with E-state index in [1.165, 1.54) is 7.11 Å². The van der Waals surface area contributed by atoms with Gasteiger partial charge in [-0.05, 0) is 24.6 Å². The Bertz CT molecular complexity index is 701. The number of rotatable bonds is 6. The summed E-state index contributed by atoms with van der Waals surface area (Å²) in [4.78, 5) is 22.7. The topological polar surface area (TPSA) is 104 Å². The molecule has 0 unspecified atom stereocenters. The minimum absolute atomic E-state index is 0.256. The molecule has 1 aromatic carbocycles. The molecule has 1 N–H and O–H groups in total. The quantitative estimate of drug-likeness (QED) is 0.789. The summed E-state index contributed by atoms with van der Waals surface area (Å²) in [5, 5.41) is 9.60. The van der Waals surface area contributed by atoms with Crippen LogP contribution in [0.3, 0.4) is 0 Å². The molecule has 2 amide bonds. The maximum atomic E-state index is 11.7. The molecule has 0 saturated carbocycles. The van der Waals surface area contributed by atoms with Gasteiger partial charge in [0.15, 0.2) is 0 Å². The zero-order valence-electron chi connectivity index (χ0n) is 13.4. The molecular formula is C15H17N3O5S. The van der Waals surface area contributed by atoms with Gasteiger partial charge in [0.05, 0.1) is 25.9 Å². The lowest BCUT2D eigenvalue weighted by Gasteiger charge is -2.07. The molecule has 0 radical (unpaired) electrons. The lowest BCUT2D eigenvalue weighted by Crippen LogP contribution is -2.35. The van der Waals surface area contributed by atoms with Crippen molar-refractivity contribution in [2.24, 2.45) is 0 Å². The third-order valence-electron chi connectivity index (χ3n) is 3.02. The summed E-state index contributed by atoms with van der Waals surface area (Å²) in [6, 6.07) is 7.51. The van der Waals surface area contributed by atoms with Crippen LogP contribution < -0.4 is 10.1 Å². The van der Waals surface area contributed by atoms with Crippen LogP contribution in [-0.2, 0) is 16.0 Å². The molecule has 9 heteroatoms. The molecule has 0 spiro atoms. The van der Waals surface area contributed by atoms with E-state index in [0.717, 1.165) is 23.1 Å². The highest BCUT2D eigenvalue weighted by Gasteiger charge is 2.20. The van der Waals surface area contributed by atoms with E-state index in [1.54, 1.807) is 14.0 Å². The van der Waals surface area contributed by atoms with Crippen LogP contribution in [0.4, 0.5) is 4.79 Å². The van der Waals surface area contributed by atoms with Crippen molar-refractivity contribution in [1.29, 1.82) is 0 Å². The summed E-state index contributed by atoms with van der Waals surface area (Å²) < 4.78 is 15.0. The third-order valence-corrected chi connectivity index (χ3v) is 3.95. The Kier molecular flexibility index (Phi) is 6.19. The molecule has 128 valence electrons. The highest BCUT2D eigenvalue weighted by molar-refractivity contribution is 8.00. The van der Waals surface area contributed by atoms with E-state index in [-0.39, 0.29) is 5.22 Å². The van der Waals surface area contributed by atoms with E-state index in [0.29, 0.717) is 12.3 Å². The second-order valence-electron chi connectivity index (χ2n) is 4.73. The van der Waals surface area contributed by atoms with Gasteiger partial charge in [-0.2, -0.15) is 0 Å². The van der Waals surface area contributed by atoms with Crippen LogP contribution in [-0.4, -0.2) is 41.7 Å². The monoisotopic (exact) mass is 351 g/mol. The number of alkyl carbamates (subject to hydrolysis) is 1. The number of hydrogen-bond acceptors (Lipinski definition) is 8. The zero-order chi connectivity index (χ0) is 17.5. The number of imide groups is 1. The first kappa shape index (κ1) is 17.8. The van der Waals surface area contributed by atoms with E-state index < -0.39 is 17.3 Å². The van der Waals surface area contributed by atoms with Crippen LogP contribution in [0.25, 0.3) is 0 Å². The van der Waals surface area contributed by atoms with Crippen molar-refractivity contribution >= 4 is 23.8 Å². The molecule has 0 aliphatic heterocycles. The molecule has 1 heterocycles. The zero-order valence-corrected chi connectivity index (χ0v) is 14.3. The molecule has 0 bridgehead atoms. The van der Waals surface area contributed by atoms with Crippen LogP contribution in [0.15, 0.2) is 33.9 Å². The summed E-state index contributed by atoms with van der Waals surface area (Å²) in [6.07, 6.45) is -0.335. The minimum atomic E-state index is -0.807. The van der Waals surface area contributed by atoms with Gasteiger partial charge in [0.1, 0.15) is 5.75 Å². The summed E-state index contributed by atoms with van der Waals surface area (Å²) in [7, 11) is 2.79. The normalized spacial score (nSPS) is 11.6. The Hall–Kier alpha value is -2.55. The van der Waals surface area contributed by atoms with Crippen molar-refractivity contribution in [3.8, 4) is 5.75 Å². The van der Waals surface area contributed by atoms with Crippen LogP contribution in [0.2, 0.25) is 0 Å². The molecule has 0 aliphatic carbocycles. The number of ether oxygens (including phenoxy) is 2. The van der Waals surface area contributed by atoms with Gasteiger partial charge in [-0.3, -0.25) is 10.1 Å². The van der Waals surface area contributed by atoms with Crippen molar-refractivity contribution in [2.45, 2.75) is 23.8 Å². The summed E-state index contributed by atoms with van der Waals surface area (Å²) in [5.74, 6) is 0.705.